The number of anilines is 1. The Morgan fingerprint density at radius 1 is 0.810 bits per heavy atom. The smallest absolute Gasteiger partial charge is 0.264 e. The van der Waals surface area contributed by atoms with E-state index >= 15 is 0 Å². The highest BCUT2D eigenvalue weighted by molar-refractivity contribution is 7.92. The van der Waals surface area contributed by atoms with E-state index in [4.69, 9.17) is 23.2 Å². The third-order valence-electron chi connectivity index (χ3n) is 6.82. The van der Waals surface area contributed by atoms with E-state index in [1.165, 1.54) is 36.2 Å². The third kappa shape index (κ3) is 7.50. The summed E-state index contributed by atoms with van der Waals surface area (Å²) < 4.78 is 29.1. The van der Waals surface area contributed by atoms with Gasteiger partial charge in [-0.1, -0.05) is 83.9 Å². The van der Waals surface area contributed by atoms with E-state index in [2.05, 4.69) is 5.32 Å². The Labute approximate surface area is 256 Å². The zero-order valence-corrected chi connectivity index (χ0v) is 25.5. The highest BCUT2D eigenvalue weighted by Crippen LogP contribution is 2.28. The fourth-order valence-corrected chi connectivity index (χ4v) is 6.46. The molecule has 0 radical (unpaired) electrons. The van der Waals surface area contributed by atoms with E-state index in [1.807, 2.05) is 30.3 Å². The minimum atomic E-state index is -4.21. The number of nitrogens with one attached hydrogen (secondary N) is 1. The fourth-order valence-electron chi connectivity index (χ4n) is 4.64. The van der Waals surface area contributed by atoms with Crippen LogP contribution in [0.4, 0.5) is 5.69 Å². The van der Waals surface area contributed by atoms with Crippen LogP contribution in [0.15, 0.2) is 108 Å². The molecule has 0 bridgehead atoms. The van der Waals surface area contributed by atoms with Crippen molar-refractivity contribution < 1.29 is 18.0 Å². The number of hydrogen-bond acceptors (Lipinski definition) is 4. The molecular weight excluding hydrogens is 593 g/mol. The molecule has 0 unspecified atom stereocenters. The Morgan fingerprint density at radius 2 is 1.45 bits per heavy atom. The first-order valence-electron chi connectivity index (χ1n) is 13.2. The summed E-state index contributed by atoms with van der Waals surface area (Å²) in [4.78, 5) is 29.0. The molecule has 42 heavy (non-hydrogen) atoms. The molecule has 1 atom stereocenters. The second-order valence-electron chi connectivity index (χ2n) is 9.72. The van der Waals surface area contributed by atoms with Gasteiger partial charge in [-0.2, -0.15) is 0 Å². The van der Waals surface area contributed by atoms with Crippen molar-refractivity contribution in [3.8, 4) is 0 Å². The highest BCUT2D eigenvalue weighted by atomic mass is 35.5. The van der Waals surface area contributed by atoms with Crippen LogP contribution in [0.25, 0.3) is 0 Å². The normalized spacial score (nSPS) is 11.9. The van der Waals surface area contributed by atoms with Crippen molar-refractivity contribution in [1.29, 1.82) is 0 Å². The van der Waals surface area contributed by atoms with Gasteiger partial charge in [0, 0.05) is 30.1 Å². The Balaban J connectivity index is 1.80. The number of hydrogen-bond donors (Lipinski definition) is 1. The van der Waals surface area contributed by atoms with E-state index in [1.54, 1.807) is 55.5 Å². The van der Waals surface area contributed by atoms with Gasteiger partial charge in [0.15, 0.2) is 0 Å². The second kappa shape index (κ2) is 13.9. The number of para-hydroxylation sites is 1. The molecule has 0 aliphatic rings. The number of benzene rings is 4. The molecule has 0 spiro atoms. The minimum Gasteiger partial charge on any atom is -0.357 e. The third-order valence-corrected chi connectivity index (χ3v) is 9.09. The highest BCUT2D eigenvalue weighted by Gasteiger charge is 2.34. The van der Waals surface area contributed by atoms with Gasteiger partial charge in [0.1, 0.15) is 12.6 Å². The van der Waals surface area contributed by atoms with E-state index < -0.39 is 28.5 Å². The number of nitrogens with zero attached hydrogens (tertiary/aromatic N) is 2. The van der Waals surface area contributed by atoms with Crippen LogP contribution in [0.3, 0.4) is 0 Å². The molecule has 10 heteroatoms. The molecule has 0 saturated heterocycles. The maximum absolute atomic E-state index is 14.3. The first-order valence-corrected chi connectivity index (χ1v) is 15.4. The van der Waals surface area contributed by atoms with Crippen molar-refractivity contribution in [3.05, 3.63) is 130 Å². The Bertz CT molecular complexity index is 1650. The number of carbonyl (C=O) groups is 2. The number of carbonyl (C=O) groups excluding carboxylic acids is 2. The van der Waals surface area contributed by atoms with Gasteiger partial charge >= 0.3 is 0 Å². The number of halogens is 2. The number of amides is 2. The van der Waals surface area contributed by atoms with Gasteiger partial charge in [0.25, 0.3) is 10.0 Å². The van der Waals surface area contributed by atoms with Gasteiger partial charge in [-0.05, 0) is 66.1 Å². The molecule has 0 saturated carbocycles. The molecule has 0 aliphatic heterocycles. The molecular formula is C32H31Cl2N3O4S. The van der Waals surface area contributed by atoms with Crippen LogP contribution in [-0.2, 0) is 32.6 Å². The molecule has 4 rings (SSSR count). The lowest BCUT2D eigenvalue weighted by molar-refractivity contribution is -0.139. The Hall–Kier alpha value is -3.85. The van der Waals surface area contributed by atoms with Crippen LogP contribution in [0.2, 0.25) is 10.0 Å². The van der Waals surface area contributed by atoms with Gasteiger partial charge in [-0.15, -0.1) is 0 Å². The predicted molar refractivity (Wildman–Crippen MR) is 167 cm³/mol. The first kappa shape index (κ1) is 31.1. The van der Waals surface area contributed by atoms with Crippen molar-refractivity contribution in [2.75, 3.05) is 17.9 Å². The van der Waals surface area contributed by atoms with E-state index in [0.717, 1.165) is 9.87 Å². The molecule has 4 aromatic rings. The SMILES string of the molecule is CNC(=O)[C@H](Cc1ccccc1)N(Cc1cccc(Cl)c1)C(=O)CN(c1ccccc1C)S(=O)(=O)c1ccc(Cl)cc1. The van der Waals surface area contributed by atoms with Crippen LogP contribution < -0.4 is 9.62 Å². The number of sulfonamides is 1. The van der Waals surface area contributed by atoms with Crippen LogP contribution >= 0.6 is 23.2 Å². The molecule has 0 heterocycles. The summed E-state index contributed by atoms with van der Waals surface area (Å²) in [6.07, 6.45) is 0.223. The Morgan fingerprint density at radius 3 is 2.10 bits per heavy atom. The van der Waals surface area contributed by atoms with Crippen LogP contribution in [0.5, 0.6) is 0 Å². The predicted octanol–water partition coefficient (Wildman–Crippen LogP) is 5.88. The molecule has 4 aromatic carbocycles. The average molecular weight is 625 g/mol. The van der Waals surface area contributed by atoms with Gasteiger partial charge < -0.3 is 10.2 Å². The zero-order chi connectivity index (χ0) is 30.3. The van der Waals surface area contributed by atoms with Gasteiger partial charge in [0.05, 0.1) is 10.6 Å². The Kier molecular flexibility index (Phi) is 10.3. The zero-order valence-electron chi connectivity index (χ0n) is 23.2. The van der Waals surface area contributed by atoms with Crippen LogP contribution in [-0.4, -0.2) is 44.8 Å². The lowest BCUT2D eigenvalue weighted by atomic mass is 10.0. The molecule has 7 nitrogen and oxygen atoms in total. The molecule has 0 fully saturated rings. The van der Waals surface area contributed by atoms with Crippen molar-refractivity contribution in [1.82, 2.24) is 10.2 Å². The summed E-state index contributed by atoms with van der Waals surface area (Å²) in [5.41, 5.74) is 2.56. The van der Waals surface area contributed by atoms with Crippen molar-refractivity contribution in [2.45, 2.75) is 30.8 Å². The summed E-state index contributed by atoms with van der Waals surface area (Å²) in [5, 5.41) is 3.53. The molecule has 0 aromatic heterocycles. The van der Waals surface area contributed by atoms with Crippen molar-refractivity contribution >= 4 is 50.7 Å². The topological polar surface area (TPSA) is 86.8 Å². The standard InChI is InChI=1S/C32H31Cl2N3O4S/c1-23-9-6-7-14-29(23)37(42(40,41)28-17-15-26(33)16-18-28)22-31(38)36(21-25-12-8-13-27(34)19-25)30(32(39)35-2)20-24-10-4-3-5-11-24/h3-19,30H,20-22H2,1-2H3,(H,35,39)/t30-/m0/s1. The van der Waals surface area contributed by atoms with Crippen LogP contribution in [0, 0.1) is 6.92 Å². The average Bonchev–Trinajstić information content (AvgIpc) is 2.98. The summed E-state index contributed by atoms with van der Waals surface area (Å²) in [5.74, 6) is -0.933. The monoisotopic (exact) mass is 623 g/mol. The van der Waals surface area contributed by atoms with E-state index in [-0.39, 0.29) is 23.8 Å². The largest absolute Gasteiger partial charge is 0.357 e. The molecule has 218 valence electrons. The number of aryl methyl sites for hydroxylation is 1. The summed E-state index contributed by atoms with van der Waals surface area (Å²) >= 11 is 12.3. The van der Waals surface area contributed by atoms with Gasteiger partial charge in [0.2, 0.25) is 11.8 Å². The molecule has 2 amide bonds. The quantitative estimate of drug-likeness (QED) is 0.226. The minimum absolute atomic E-state index is 0.0171. The second-order valence-corrected chi connectivity index (χ2v) is 12.5. The van der Waals surface area contributed by atoms with Gasteiger partial charge in [-0.25, -0.2) is 8.42 Å². The van der Waals surface area contributed by atoms with Crippen LogP contribution in [0.1, 0.15) is 16.7 Å². The number of rotatable bonds is 11. The van der Waals surface area contributed by atoms with E-state index in [9.17, 15) is 18.0 Å². The van der Waals surface area contributed by atoms with Crippen molar-refractivity contribution in [3.63, 3.8) is 0 Å². The first-order chi connectivity index (χ1) is 20.1. The lowest BCUT2D eigenvalue weighted by Gasteiger charge is -2.34. The maximum Gasteiger partial charge on any atom is 0.264 e. The fraction of sp³-hybridized carbons (Fsp3) is 0.188. The van der Waals surface area contributed by atoms with Gasteiger partial charge in [-0.3, -0.25) is 13.9 Å². The summed E-state index contributed by atoms with van der Waals surface area (Å²) in [6, 6.07) is 28.1. The summed E-state index contributed by atoms with van der Waals surface area (Å²) in [6.45, 7) is 1.27. The molecule has 1 N–H and O–H groups in total. The maximum atomic E-state index is 14.3. The summed E-state index contributed by atoms with van der Waals surface area (Å²) in [7, 11) is -2.70. The van der Waals surface area contributed by atoms with E-state index in [0.29, 0.717) is 26.9 Å². The molecule has 0 aliphatic carbocycles. The number of likely N-dealkylation sites (N-methyl/N-ethyl adjacent to an activating group) is 1. The lowest BCUT2D eigenvalue weighted by Crippen LogP contribution is -2.53. The van der Waals surface area contributed by atoms with Crippen molar-refractivity contribution in [2.24, 2.45) is 0 Å².